The van der Waals surface area contributed by atoms with Gasteiger partial charge in [-0.3, -0.25) is 4.79 Å². The number of likely N-dealkylation sites (tertiary alicyclic amines) is 1. The standard InChI is InChI=1S/C38H51NO5/c1-3-5-24-37(29-40,36(42)44-28-4-2)31-20-18-30(19-21-31)35(41)17-12-25-39-26-22-34(23-27-39)38(43,32-13-8-6-9-14-32)33-15-10-7-11-16-33/h6-11,13-16,18-21,34-35,40-41,43H,3-5,12,17,22-29H2,1-2H3. The van der Waals surface area contributed by atoms with Crippen molar-refractivity contribution in [2.75, 3.05) is 32.8 Å². The van der Waals surface area contributed by atoms with E-state index in [-0.39, 0.29) is 18.5 Å². The van der Waals surface area contributed by atoms with E-state index in [2.05, 4.69) is 11.8 Å². The van der Waals surface area contributed by atoms with Gasteiger partial charge in [0.25, 0.3) is 0 Å². The first-order valence-corrected chi connectivity index (χ1v) is 16.5. The molecule has 4 rings (SSSR count). The van der Waals surface area contributed by atoms with E-state index in [1.165, 1.54) is 0 Å². The first-order valence-electron chi connectivity index (χ1n) is 16.5. The quantitative estimate of drug-likeness (QED) is 0.162. The van der Waals surface area contributed by atoms with Crippen LogP contribution in [0.25, 0.3) is 0 Å². The van der Waals surface area contributed by atoms with E-state index in [4.69, 9.17) is 4.74 Å². The maximum Gasteiger partial charge on any atom is 0.318 e. The lowest BCUT2D eigenvalue weighted by Gasteiger charge is -2.42. The summed E-state index contributed by atoms with van der Waals surface area (Å²) in [7, 11) is 0. The van der Waals surface area contributed by atoms with Crippen LogP contribution in [0.1, 0.15) is 93.6 Å². The highest BCUT2D eigenvalue weighted by Crippen LogP contribution is 2.42. The van der Waals surface area contributed by atoms with Gasteiger partial charge in [0, 0.05) is 0 Å². The highest BCUT2D eigenvalue weighted by Gasteiger charge is 2.42. The van der Waals surface area contributed by atoms with E-state index in [9.17, 15) is 20.1 Å². The molecule has 6 heteroatoms. The first-order chi connectivity index (χ1) is 21.4. The number of carbonyl (C=O) groups excluding carboxylic acids is 1. The van der Waals surface area contributed by atoms with Gasteiger partial charge in [-0.05, 0) is 86.3 Å². The van der Waals surface area contributed by atoms with Gasteiger partial charge < -0.3 is 25.0 Å². The number of piperidine rings is 1. The van der Waals surface area contributed by atoms with Gasteiger partial charge in [-0.25, -0.2) is 0 Å². The van der Waals surface area contributed by atoms with E-state index >= 15 is 0 Å². The van der Waals surface area contributed by atoms with Crippen LogP contribution in [0, 0.1) is 5.92 Å². The van der Waals surface area contributed by atoms with Crippen LogP contribution in [0.5, 0.6) is 0 Å². The summed E-state index contributed by atoms with van der Waals surface area (Å²) in [6.07, 6.45) is 5.66. The molecule has 3 aromatic rings. The average molecular weight is 602 g/mol. The lowest BCUT2D eigenvalue weighted by atomic mass is 9.72. The largest absolute Gasteiger partial charge is 0.465 e. The number of hydrogen-bond donors (Lipinski definition) is 3. The maximum atomic E-state index is 13.0. The third-order valence-electron chi connectivity index (χ3n) is 9.46. The normalized spacial score (nSPS) is 16.8. The number of benzene rings is 3. The Bertz CT molecular complexity index is 1220. The summed E-state index contributed by atoms with van der Waals surface area (Å²) in [4.78, 5) is 15.5. The van der Waals surface area contributed by atoms with Gasteiger partial charge in [-0.2, -0.15) is 0 Å². The second kappa shape index (κ2) is 16.3. The first kappa shape index (κ1) is 33.9. The molecule has 0 bridgehead atoms. The van der Waals surface area contributed by atoms with Crippen LogP contribution in [0.4, 0.5) is 0 Å². The van der Waals surface area contributed by atoms with E-state index in [0.29, 0.717) is 19.4 Å². The van der Waals surface area contributed by atoms with Crippen LogP contribution >= 0.6 is 0 Å². The Balaban J connectivity index is 1.32. The van der Waals surface area contributed by atoms with Gasteiger partial charge in [0.05, 0.1) is 19.3 Å². The number of esters is 1. The number of nitrogens with zero attached hydrogens (tertiary/aromatic N) is 1. The summed E-state index contributed by atoms with van der Waals surface area (Å²) < 4.78 is 5.49. The number of unbranched alkanes of at least 4 members (excludes halogenated alkanes) is 1. The monoisotopic (exact) mass is 601 g/mol. The minimum atomic E-state index is -1.08. The fraction of sp³-hybridized carbons (Fsp3) is 0.500. The Morgan fingerprint density at radius 2 is 1.45 bits per heavy atom. The molecule has 1 aliphatic heterocycles. The molecule has 0 aliphatic carbocycles. The molecular weight excluding hydrogens is 550 g/mol. The SMILES string of the molecule is CCCCC(CO)(C(=O)OCCC)c1ccc(C(O)CCCN2CCC(C(O)(c3ccccc3)c3ccccc3)CC2)cc1. The number of rotatable bonds is 16. The Hall–Kier alpha value is -3.03. The fourth-order valence-electron chi connectivity index (χ4n) is 6.71. The lowest BCUT2D eigenvalue weighted by molar-refractivity contribution is -0.153. The highest BCUT2D eigenvalue weighted by molar-refractivity contribution is 5.83. The van der Waals surface area contributed by atoms with Gasteiger partial charge in [-0.1, -0.05) is 112 Å². The average Bonchev–Trinajstić information content (AvgIpc) is 3.08. The molecule has 44 heavy (non-hydrogen) atoms. The van der Waals surface area contributed by atoms with Gasteiger partial charge in [-0.15, -0.1) is 0 Å². The van der Waals surface area contributed by atoms with Crippen molar-refractivity contribution in [3.63, 3.8) is 0 Å². The third-order valence-corrected chi connectivity index (χ3v) is 9.46. The Kier molecular flexibility index (Phi) is 12.6. The molecule has 1 fully saturated rings. The smallest absolute Gasteiger partial charge is 0.318 e. The highest BCUT2D eigenvalue weighted by atomic mass is 16.5. The molecule has 1 aliphatic rings. The zero-order chi connectivity index (χ0) is 31.4. The van der Waals surface area contributed by atoms with Crippen molar-refractivity contribution in [3.8, 4) is 0 Å². The van der Waals surface area contributed by atoms with Crippen molar-refractivity contribution in [1.29, 1.82) is 0 Å². The number of carbonyl (C=O) groups is 1. The van der Waals surface area contributed by atoms with Crippen LogP contribution in [-0.4, -0.2) is 59.0 Å². The summed E-state index contributed by atoms with van der Waals surface area (Å²) in [5, 5.41) is 33.5. The molecule has 6 nitrogen and oxygen atoms in total. The predicted octanol–water partition coefficient (Wildman–Crippen LogP) is 6.52. The maximum absolute atomic E-state index is 13.0. The molecule has 3 N–H and O–H groups in total. The van der Waals surface area contributed by atoms with Gasteiger partial charge in [0.15, 0.2) is 0 Å². The lowest BCUT2D eigenvalue weighted by Crippen LogP contribution is -2.44. The molecule has 1 saturated heterocycles. The molecule has 3 aromatic carbocycles. The van der Waals surface area contributed by atoms with Crippen molar-refractivity contribution in [2.45, 2.75) is 82.3 Å². The molecule has 0 aromatic heterocycles. The Labute approximate surface area is 263 Å². The molecule has 0 saturated carbocycles. The second-order valence-corrected chi connectivity index (χ2v) is 12.4. The van der Waals surface area contributed by atoms with Crippen LogP contribution in [0.3, 0.4) is 0 Å². The summed E-state index contributed by atoms with van der Waals surface area (Å²) in [6.45, 7) is 6.76. The molecule has 0 radical (unpaired) electrons. The molecule has 238 valence electrons. The molecule has 0 spiro atoms. The minimum absolute atomic E-state index is 0.121. The topological polar surface area (TPSA) is 90.2 Å². The van der Waals surface area contributed by atoms with Crippen molar-refractivity contribution in [3.05, 3.63) is 107 Å². The fourth-order valence-corrected chi connectivity index (χ4v) is 6.71. The van der Waals surface area contributed by atoms with Crippen molar-refractivity contribution in [1.82, 2.24) is 4.90 Å². The predicted molar refractivity (Wildman–Crippen MR) is 175 cm³/mol. The van der Waals surface area contributed by atoms with E-state index in [1.807, 2.05) is 91.9 Å². The summed E-state index contributed by atoms with van der Waals surface area (Å²) in [6, 6.07) is 27.5. The molecule has 0 amide bonds. The zero-order valence-electron chi connectivity index (χ0n) is 26.5. The number of hydrogen-bond acceptors (Lipinski definition) is 6. The Morgan fingerprint density at radius 3 is 1.98 bits per heavy atom. The number of aliphatic hydroxyl groups is 3. The van der Waals surface area contributed by atoms with Crippen LogP contribution < -0.4 is 0 Å². The Morgan fingerprint density at radius 1 is 0.864 bits per heavy atom. The second-order valence-electron chi connectivity index (χ2n) is 12.4. The van der Waals surface area contributed by atoms with Crippen LogP contribution in [0.2, 0.25) is 0 Å². The third kappa shape index (κ3) is 7.78. The van der Waals surface area contributed by atoms with E-state index in [1.54, 1.807) is 0 Å². The van der Waals surface area contributed by atoms with E-state index < -0.39 is 17.1 Å². The van der Waals surface area contributed by atoms with Gasteiger partial charge in [0.1, 0.15) is 11.0 Å². The van der Waals surface area contributed by atoms with E-state index in [0.717, 1.165) is 80.4 Å². The number of ether oxygens (including phenoxy) is 1. The molecule has 1 heterocycles. The van der Waals surface area contributed by atoms with Crippen molar-refractivity contribution in [2.24, 2.45) is 5.92 Å². The van der Waals surface area contributed by atoms with Crippen molar-refractivity contribution >= 4 is 5.97 Å². The minimum Gasteiger partial charge on any atom is -0.465 e. The summed E-state index contributed by atoms with van der Waals surface area (Å²) >= 11 is 0. The molecule has 2 unspecified atom stereocenters. The van der Waals surface area contributed by atoms with Gasteiger partial charge >= 0.3 is 5.97 Å². The number of aliphatic hydroxyl groups excluding tert-OH is 2. The van der Waals surface area contributed by atoms with Gasteiger partial charge in [0.2, 0.25) is 0 Å². The molecule has 2 atom stereocenters. The summed E-state index contributed by atoms with van der Waals surface area (Å²) in [5.74, 6) is -0.256. The summed E-state index contributed by atoms with van der Waals surface area (Å²) in [5.41, 5.74) is 1.34. The zero-order valence-corrected chi connectivity index (χ0v) is 26.5. The molecular formula is C38H51NO5. The van der Waals surface area contributed by atoms with Crippen LogP contribution in [-0.2, 0) is 20.5 Å². The van der Waals surface area contributed by atoms with Crippen LogP contribution in [0.15, 0.2) is 84.9 Å². The van der Waals surface area contributed by atoms with Crippen molar-refractivity contribution < 1.29 is 24.9 Å².